The van der Waals surface area contributed by atoms with Gasteiger partial charge in [0.15, 0.2) is 24.1 Å². The number of aromatic hydroxyl groups is 2. The highest BCUT2D eigenvalue weighted by molar-refractivity contribution is 6.29. The zero-order valence-electron chi connectivity index (χ0n) is 22.1. The topological polar surface area (TPSA) is 242 Å². The van der Waals surface area contributed by atoms with Crippen molar-refractivity contribution in [1.29, 1.82) is 0 Å². The van der Waals surface area contributed by atoms with Gasteiger partial charge in [-0.3, -0.25) is 9.59 Å². The number of ketones is 2. The molecule has 42 heavy (non-hydrogen) atoms. The highest BCUT2D eigenvalue weighted by Gasteiger charge is 2.46. The van der Waals surface area contributed by atoms with Crippen LogP contribution in [0.25, 0.3) is 0 Å². The molecule has 0 spiro atoms. The van der Waals surface area contributed by atoms with Crippen molar-refractivity contribution in [2.45, 2.75) is 61.9 Å². The van der Waals surface area contributed by atoms with Gasteiger partial charge >= 0.3 is 0 Å². The van der Waals surface area contributed by atoms with E-state index in [0.717, 1.165) is 6.07 Å². The number of phenolic OH excluding ortho intramolecular Hbond substituents is 2. The van der Waals surface area contributed by atoms with E-state index in [4.69, 9.17) is 23.7 Å². The van der Waals surface area contributed by atoms with E-state index in [1.165, 1.54) is 25.3 Å². The Kier molecular flexibility index (Phi) is 8.51. The van der Waals surface area contributed by atoms with Crippen molar-refractivity contribution in [3.05, 3.63) is 52.1 Å². The number of rotatable bonds is 7. The molecular formula is C27H30O15. The van der Waals surface area contributed by atoms with Crippen LogP contribution < -0.4 is 4.74 Å². The van der Waals surface area contributed by atoms with Crippen molar-refractivity contribution in [3.8, 4) is 17.2 Å². The maximum Gasteiger partial charge on any atom is 0.198 e. The third kappa shape index (κ3) is 5.24. The Morgan fingerprint density at radius 1 is 0.810 bits per heavy atom. The maximum atomic E-state index is 13.2. The van der Waals surface area contributed by atoms with Gasteiger partial charge in [0.25, 0.3) is 0 Å². The summed E-state index contributed by atoms with van der Waals surface area (Å²) in [6, 6.07) is 5.23. The monoisotopic (exact) mass is 594 g/mol. The molecule has 9 atom stereocenters. The fraction of sp³-hybridized carbons (Fsp3) is 0.481. The molecule has 8 N–H and O–H groups in total. The first-order valence-electron chi connectivity index (χ1n) is 12.9. The second kappa shape index (κ2) is 11.8. The minimum absolute atomic E-state index is 0.0150. The summed E-state index contributed by atoms with van der Waals surface area (Å²) < 4.78 is 26.6. The highest BCUT2D eigenvalue weighted by Crippen LogP contribution is 2.41. The summed E-state index contributed by atoms with van der Waals surface area (Å²) in [7, 11) is 1.39. The fourth-order valence-corrected chi connectivity index (χ4v) is 5.04. The summed E-state index contributed by atoms with van der Waals surface area (Å²) in [6.45, 7) is -1.54. The average Bonchev–Trinajstić information content (AvgIpc) is 2.98. The molecule has 1 aliphatic carbocycles. The number of aliphatic hydroxyl groups excluding tert-OH is 6. The molecule has 228 valence electrons. The summed E-state index contributed by atoms with van der Waals surface area (Å²) in [4.78, 5) is 26.3. The number of aliphatic hydroxyl groups is 6. The Labute approximate surface area is 237 Å². The van der Waals surface area contributed by atoms with Crippen molar-refractivity contribution in [2.24, 2.45) is 0 Å². The van der Waals surface area contributed by atoms with Gasteiger partial charge in [-0.2, -0.15) is 0 Å². The van der Waals surface area contributed by atoms with Crippen LogP contribution in [0.1, 0.15) is 37.4 Å². The van der Waals surface area contributed by atoms with Crippen LogP contribution in [0.15, 0.2) is 24.3 Å². The van der Waals surface area contributed by atoms with E-state index in [-0.39, 0.29) is 34.4 Å². The Balaban J connectivity index is 1.31. The van der Waals surface area contributed by atoms with Crippen LogP contribution in [-0.2, 0) is 25.6 Å². The standard InChI is InChI=1S/C27H30O15/c1-38-9-2-3-10-11(4-9)18(30)12-5-14(28)13(20(32)17(12)19(10)31)6-39-27-25(37)23(35)22(34)16(42-27)8-41-26-24(36)21(33)15(29)7-40-26/h2-5,15-16,21-29,32-37H,6-8H2,1H3/t15-,16-,21+,22-,23+,24-,25-,26+,27-/m1/s1. The van der Waals surface area contributed by atoms with Crippen LogP contribution in [-0.4, -0.2) is 128 Å². The third-order valence-electron chi connectivity index (χ3n) is 7.51. The lowest BCUT2D eigenvalue weighted by Gasteiger charge is -2.41. The molecule has 2 saturated heterocycles. The molecule has 3 aliphatic rings. The number of carbonyl (C=O) groups excluding carboxylic acids is 2. The van der Waals surface area contributed by atoms with Crippen LogP contribution in [0.5, 0.6) is 17.2 Å². The molecule has 2 aromatic rings. The van der Waals surface area contributed by atoms with Crippen LogP contribution in [0.3, 0.4) is 0 Å². The first-order chi connectivity index (χ1) is 19.9. The number of hydrogen-bond donors (Lipinski definition) is 8. The Hall–Kier alpha value is -3.22. The fourth-order valence-electron chi connectivity index (χ4n) is 5.04. The first-order valence-corrected chi connectivity index (χ1v) is 12.9. The number of phenols is 2. The molecule has 15 nitrogen and oxygen atoms in total. The SMILES string of the molecule is COc1ccc2c(c1)C(=O)c1cc(O)c(CO[C@@H]3O[C@H](CO[C@@H]4OC[C@@H](O)[C@H](O)[C@H]4O)[C@@H](O)[C@H](O)[C@H]3O)c(O)c1C2=O. The van der Waals surface area contributed by atoms with E-state index in [0.29, 0.717) is 5.75 Å². The van der Waals surface area contributed by atoms with Gasteiger partial charge in [-0.05, 0) is 24.3 Å². The molecule has 2 aromatic carbocycles. The number of hydrogen-bond acceptors (Lipinski definition) is 15. The normalized spacial score (nSPS) is 32.8. The predicted octanol–water partition coefficient (Wildman–Crippen LogP) is -2.34. The second-order valence-corrected chi connectivity index (χ2v) is 10.1. The minimum atomic E-state index is -1.81. The van der Waals surface area contributed by atoms with E-state index in [2.05, 4.69) is 0 Å². The number of benzene rings is 2. The van der Waals surface area contributed by atoms with Gasteiger partial charge in [0, 0.05) is 16.7 Å². The molecular weight excluding hydrogens is 564 g/mol. The van der Waals surface area contributed by atoms with Gasteiger partial charge in [-0.1, -0.05) is 0 Å². The second-order valence-electron chi connectivity index (χ2n) is 10.1. The average molecular weight is 595 g/mol. The Bertz CT molecular complexity index is 1360. The Morgan fingerprint density at radius 3 is 2.24 bits per heavy atom. The minimum Gasteiger partial charge on any atom is -0.507 e. The molecule has 0 unspecified atom stereocenters. The van der Waals surface area contributed by atoms with Crippen molar-refractivity contribution in [2.75, 3.05) is 20.3 Å². The number of ether oxygens (including phenoxy) is 5. The van der Waals surface area contributed by atoms with Crippen molar-refractivity contribution < 1.29 is 74.1 Å². The lowest BCUT2D eigenvalue weighted by atomic mass is 9.82. The van der Waals surface area contributed by atoms with Crippen LogP contribution in [0.2, 0.25) is 0 Å². The molecule has 0 bridgehead atoms. The molecule has 0 amide bonds. The number of carbonyl (C=O) groups is 2. The largest absolute Gasteiger partial charge is 0.507 e. The summed E-state index contributed by atoms with van der Waals surface area (Å²) in [6.07, 6.45) is -14.2. The van der Waals surface area contributed by atoms with Gasteiger partial charge in [0.05, 0.1) is 38.1 Å². The highest BCUT2D eigenvalue weighted by atomic mass is 16.7. The maximum absolute atomic E-state index is 13.2. The lowest BCUT2D eigenvalue weighted by Crippen LogP contribution is -2.60. The van der Waals surface area contributed by atoms with Crippen molar-refractivity contribution in [1.82, 2.24) is 0 Å². The lowest BCUT2D eigenvalue weighted by molar-refractivity contribution is -0.322. The molecule has 0 aromatic heterocycles. The smallest absolute Gasteiger partial charge is 0.198 e. The van der Waals surface area contributed by atoms with Crippen molar-refractivity contribution in [3.63, 3.8) is 0 Å². The van der Waals surface area contributed by atoms with E-state index < -0.39 is 91.6 Å². The van der Waals surface area contributed by atoms with E-state index >= 15 is 0 Å². The Morgan fingerprint density at radius 2 is 1.52 bits per heavy atom. The van der Waals surface area contributed by atoms with Gasteiger partial charge < -0.3 is 64.5 Å². The van der Waals surface area contributed by atoms with E-state index in [1.54, 1.807) is 0 Å². The zero-order chi connectivity index (χ0) is 30.5. The molecule has 2 fully saturated rings. The summed E-state index contributed by atoms with van der Waals surface area (Å²) in [5, 5.41) is 82.1. The summed E-state index contributed by atoms with van der Waals surface area (Å²) in [5.41, 5.74) is -0.872. The quantitative estimate of drug-likeness (QED) is 0.143. The molecule has 5 rings (SSSR count). The molecule has 0 radical (unpaired) electrons. The van der Waals surface area contributed by atoms with Gasteiger partial charge in [-0.15, -0.1) is 0 Å². The molecule has 2 heterocycles. The van der Waals surface area contributed by atoms with Crippen molar-refractivity contribution >= 4 is 11.6 Å². The molecule has 15 heteroatoms. The zero-order valence-corrected chi connectivity index (χ0v) is 22.1. The van der Waals surface area contributed by atoms with Crippen LogP contribution >= 0.6 is 0 Å². The van der Waals surface area contributed by atoms with Gasteiger partial charge in [0.2, 0.25) is 0 Å². The third-order valence-corrected chi connectivity index (χ3v) is 7.51. The number of methoxy groups -OCH3 is 1. The number of fused-ring (bicyclic) bond motifs is 2. The summed E-state index contributed by atoms with van der Waals surface area (Å²) >= 11 is 0. The van der Waals surface area contributed by atoms with Gasteiger partial charge in [0.1, 0.15) is 60.0 Å². The van der Waals surface area contributed by atoms with Crippen LogP contribution in [0, 0.1) is 0 Å². The predicted molar refractivity (Wildman–Crippen MR) is 135 cm³/mol. The molecule has 0 saturated carbocycles. The first kappa shape index (κ1) is 30.2. The van der Waals surface area contributed by atoms with E-state index in [1.807, 2.05) is 0 Å². The van der Waals surface area contributed by atoms with Crippen LogP contribution in [0.4, 0.5) is 0 Å². The van der Waals surface area contributed by atoms with Gasteiger partial charge in [-0.25, -0.2) is 0 Å². The molecule has 2 aliphatic heterocycles. The van der Waals surface area contributed by atoms with E-state index in [9.17, 15) is 50.4 Å². The summed E-state index contributed by atoms with van der Waals surface area (Å²) in [5.74, 6) is -2.32.